The highest BCUT2D eigenvalue weighted by Crippen LogP contribution is 2.47. The van der Waals surface area contributed by atoms with Crippen molar-refractivity contribution in [1.29, 1.82) is 0 Å². The monoisotopic (exact) mass is 471 g/mol. The number of anilines is 3. The highest BCUT2D eigenvalue weighted by atomic mass is 16.7. The number of hydrogen-bond donors (Lipinski definition) is 0. The molecule has 7 nitrogen and oxygen atoms in total. The maximum atomic E-state index is 13.7. The third kappa shape index (κ3) is 4.12. The molecule has 2 aliphatic heterocycles. The summed E-state index contributed by atoms with van der Waals surface area (Å²) in [6.45, 7) is 2.65. The number of carbonyl (C=O) groups is 2. The van der Waals surface area contributed by atoms with E-state index in [4.69, 9.17) is 9.57 Å². The fourth-order valence-electron chi connectivity index (χ4n) is 4.69. The van der Waals surface area contributed by atoms with Crippen molar-refractivity contribution in [2.75, 3.05) is 35.6 Å². The van der Waals surface area contributed by atoms with Gasteiger partial charge in [0.15, 0.2) is 6.10 Å². The van der Waals surface area contributed by atoms with Gasteiger partial charge in [0, 0.05) is 19.8 Å². The van der Waals surface area contributed by atoms with Crippen LogP contribution in [0.1, 0.15) is 24.9 Å². The Hall–Kier alpha value is -3.84. The van der Waals surface area contributed by atoms with E-state index in [0.717, 1.165) is 23.4 Å². The number of hydrogen-bond acceptors (Lipinski definition) is 6. The summed E-state index contributed by atoms with van der Waals surface area (Å²) in [4.78, 5) is 36.7. The van der Waals surface area contributed by atoms with Gasteiger partial charge in [-0.25, -0.2) is 9.96 Å². The Bertz CT molecular complexity index is 1200. The first-order valence-electron chi connectivity index (χ1n) is 11.9. The van der Waals surface area contributed by atoms with E-state index in [1.165, 1.54) is 4.90 Å². The van der Waals surface area contributed by atoms with E-state index < -0.39 is 18.1 Å². The topological polar surface area (TPSA) is 62.3 Å². The summed E-state index contributed by atoms with van der Waals surface area (Å²) in [7, 11) is 3.96. The molecule has 0 radical (unpaired) electrons. The predicted octanol–water partition coefficient (Wildman–Crippen LogP) is 4.59. The average Bonchev–Trinajstić information content (AvgIpc) is 3.39. The third-order valence-electron chi connectivity index (χ3n) is 6.44. The van der Waals surface area contributed by atoms with Gasteiger partial charge in [0.1, 0.15) is 11.7 Å². The first-order chi connectivity index (χ1) is 17.0. The summed E-state index contributed by atoms with van der Waals surface area (Å²) in [5.41, 5.74) is 3.29. The number of carbonyl (C=O) groups excluding carboxylic acids is 2. The zero-order chi connectivity index (χ0) is 24.5. The molecule has 3 aromatic carbocycles. The third-order valence-corrected chi connectivity index (χ3v) is 6.44. The number of fused-ring (bicyclic) bond motifs is 1. The summed E-state index contributed by atoms with van der Waals surface area (Å²) in [5.74, 6) is -0.568. The first kappa shape index (κ1) is 22.9. The second-order valence-corrected chi connectivity index (χ2v) is 9.00. The van der Waals surface area contributed by atoms with Crippen LogP contribution in [0.5, 0.6) is 5.75 Å². The van der Waals surface area contributed by atoms with Gasteiger partial charge in [-0.05, 0) is 60.5 Å². The molecule has 5 rings (SSSR count). The van der Waals surface area contributed by atoms with Crippen LogP contribution in [0.15, 0.2) is 78.9 Å². The molecule has 2 saturated heterocycles. The lowest BCUT2D eigenvalue weighted by Crippen LogP contribution is -2.37. The van der Waals surface area contributed by atoms with Crippen molar-refractivity contribution in [3.05, 3.63) is 84.4 Å². The van der Waals surface area contributed by atoms with Gasteiger partial charge in [-0.3, -0.25) is 14.4 Å². The minimum Gasteiger partial charge on any atom is -0.494 e. The minimum atomic E-state index is -0.891. The zero-order valence-corrected chi connectivity index (χ0v) is 20.1. The largest absolute Gasteiger partial charge is 0.494 e. The molecule has 35 heavy (non-hydrogen) atoms. The number of rotatable bonds is 7. The summed E-state index contributed by atoms with van der Waals surface area (Å²) in [6, 6.07) is 24.3. The Kier molecular flexibility index (Phi) is 6.17. The maximum absolute atomic E-state index is 13.7. The molecule has 2 amide bonds. The minimum absolute atomic E-state index is 0.262. The number of imide groups is 1. The predicted molar refractivity (Wildman–Crippen MR) is 136 cm³/mol. The Morgan fingerprint density at radius 2 is 1.54 bits per heavy atom. The molecule has 3 aromatic rings. The highest BCUT2D eigenvalue weighted by Gasteiger charge is 2.60. The zero-order valence-electron chi connectivity index (χ0n) is 20.1. The molecule has 0 unspecified atom stereocenters. The molecular formula is C28H29N3O4. The number of nitrogens with zero attached hydrogens (tertiary/aromatic N) is 3. The lowest BCUT2D eigenvalue weighted by atomic mass is 9.90. The van der Waals surface area contributed by atoms with Gasteiger partial charge in [0.2, 0.25) is 5.91 Å². The van der Waals surface area contributed by atoms with Crippen LogP contribution in [-0.2, 0) is 14.4 Å². The van der Waals surface area contributed by atoms with E-state index in [1.54, 1.807) is 29.3 Å². The van der Waals surface area contributed by atoms with Gasteiger partial charge < -0.3 is 9.64 Å². The van der Waals surface area contributed by atoms with Crippen molar-refractivity contribution < 1.29 is 19.2 Å². The molecule has 0 bridgehead atoms. The van der Waals surface area contributed by atoms with E-state index in [0.29, 0.717) is 18.0 Å². The molecule has 2 heterocycles. The molecule has 7 heteroatoms. The van der Waals surface area contributed by atoms with Gasteiger partial charge in [0.05, 0.1) is 24.0 Å². The molecule has 180 valence electrons. The van der Waals surface area contributed by atoms with E-state index in [2.05, 4.69) is 0 Å². The quantitative estimate of drug-likeness (QED) is 0.470. The van der Waals surface area contributed by atoms with Gasteiger partial charge in [0.25, 0.3) is 5.91 Å². The Morgan fingerprint density at radius 1 is 0.857 bits per heavy atom. The van der Waals surface area contributed by atoms with Crippen LogP contribution in [0.4, 0.5) is 17.1 Å². The molecule has 0 aliphatic carbocycles. The normalized spacial score (nSPS) is 21.4. The van der Waals surface area contributed by atoms with Crippen LogP contribution in [0.2, 0.25) is 0 Å². The summed E-state index contributed by atoms with van der Waals surface area (Å²) in [5, 5.41) is 1.72. The van der Waals surface area contributed by atoms with Crippen LogP contribution >= 0.6 is 0 Å². The number of hydroxylamine groups is 1. The van der Waals surface area contributed by atoms with Crippen molar-refractivity contribution >= 4 is 28.9 Å². The Balaban J connectivity index is 1.49. The summed E-state index contributed by atoms with van der Waals surface area (Å²) < 4.78 is 5.64. The maximum Gasteiger partial charge on any atom is 0.266 e. The van der Waals surface area contributed by atoms with Crippen LogP contribution in [-0.4, -0.2) is 38.6 Å². The molecule has 0 spiro atoms. The van der Waals surface area contributed by atoms with Gasteiger partial charge in [-0.15, -0.1) is 0 Å². The number of ether oxygens (including phenoxy) is 1. The van der Waals surface area contributed by atoms with Crippen molar-refractivity contribution in [2.24, 2.45) is 5.92 Å². The van der Waals surface area contributed by atoms with E-state index >= 15 is 0 Å². The van der Waals surface area contributed by atoms with E-state index in [1.807, 2.05) is 80.5 Å². The van der Waals surface area contributed by atoms with Crippen molar-refractivity contribution in [2.45, 2.75) is 25.5 Å². The van der Waals surface area contributed by atoms with Crippen LogP contribution in [0, 0.1) is 5.92 Å². The lowest BCUT2D eigenvalue weighted by Gasteiger charge is -2.29. The van der Waals surface area contributed by atoms with Crippen molar-refractivity contribution in [1.82, 2.24) is 0 Å². The fraction of sp³-hybridized carbons (Fsp3) is 0.286. The molecule has 0 N–H and O–H groups in total. The molecule has 0 aromatic heterocycles. The fourth-order valence-corrected chi connectivity index (χ4v) is 4.69. The van der Waals surface area contributed by atoms with Crippen molar-refractivity contribution in [3.8, 4) is 5.75 Å². The number of benzene rings is 3. The second-order valence-electron chi connectivity index (χ2n) is 9.00. The van der Waals surface area contributed by atoms with Crippen LogP contribution < -0.4 is 19.6 Å². The molecule has 3 atom stereocenters. The SMILES string of the molecule is CCCOc1ccc(N2C(=O)[C@@H]3[C@H](ON(c4ccccc4)[C@@H]3c3ccc(N(C)C)cc3)C2=O)cc1. The first-order valence-corrected chi connectivity index (χ1v) is 11.9. The van der Waals surface area contributed by atoms with E-state index in [-0.39, 0.29) is 11.8 Å². The summed E-state index contributed by atoms with van der Waals surface area (Å²) in [6.07, 6.45) is 0.0117. The van der Waals surface area contributed by atoms with Crippen LogP contribution in [0.3, 0.4) is 0 Å². The van der Waals surface area contributed by atoms with E-state index in [9.17, 15) is 9.59 Å². The van der Waals surface area contributed by atoms with Gasteiger partial charge in [-0.1, -0.05) is 37.3 Å². The molecule has 2 aliphatic rings. The second kappa shape index (κ2) is 9.43. The number of amides is 2. The van der Waals surface area contributed by atoms with Crippen LogP contribution in [0.25, 0.3) is 0 Å². The number of para-hydroxylation sites is 1. The van der Waals surface area contributed by atoms with Crippen molar-refractivity contribution in [3.63, 3.8) is 0 Å². The molecule has 2 fully saturated rings. The Morgan fingerprint density at radius 3 is 2.17 bits per heavy atom. The highest BCUT2D eigenvalue weighted by molar-refractivity contribution is 6.23. The standard InChI is InChI=1S/C28H29N3O4/c1-4-18-34-23-16-14-21(15-17-23)30-27(32)24-25(19-10-12-20(13-11-19)29(2)3)31(35-26(24)28(30)33)22-8-6-5-7-9-22/h5-17,24-26H,4,18H2,1-3H3/t24-,25+,26-/m0/s1. The van der Waals surface area contributed by atoms with Gasteiger partial charge >= 0.3 is 0 Å². The molecule has 0 saturated carbocycles. The Labute approximate surface area is 205 Å². The van der Waals surface area contributed by atoms with Gasteiger partial charge in [-0.2, -0.15) is 0 Å². The lowest BCUT2D eigenvalue weighted by molar-refractivity contribution is -0.126. The average molecular weight is 472 g/mol. The smallest absolute Gasteiger partial charge is 0.266 e. The molecular weight excluding hydrogens is 442 g/mol. The summed E-state index contributed by atoms with van der Waals surface area (Å²) >= 11 is 0.